The molecule has 0 heterocycles. The number of hydrogen-bond acceptors (Lipinski definition) is 3. The second-order valence-corrected chi connectivity index (χ2v) is 2.26. The van der Waals surface area contributed by atoms with E-state index in [1.54, 1.807) is 13.0 Å². The summed E-state index contributed by atoms with van der Waals surface area (Å²) >= 11 is 0. The maximum atomic E-state index is 11.1. The van der Waals surface area contributed by atoms with Crippen molar-refractivity contribution in [1.82, 2.24) is 0 Å². The normalized spacial score (nSPS) is 15.7. The minimum Gasteiger partial charge on any atom is -0.463 e. The summed E-state index contributed by atoms with van der Waals surface area (Å²) in [7, 11) is 0. The maximum Gasteiger partial charge on any atom is 0.336 e. The van der Waals surface area contributed by atoms with Crippen LogP contribution in [-0.2, 0) is 9.53 Å². The Kier molecular flexibility index (Phi) is 2.31. The van der Waals surface area contributed by atoms with E-state index >= 15 is 0 Å². The van der Waals surface area contributed by atoms with Gasteiger partial charge in [0.2, 0.25) is 0 Å². The van der Waals surface area contributed by atoms with Gasteiger partial charge < -0.3 is 10.5 Å². The Bertz CT molecular complexity index is 228. The molecule has 0 spiro atoms. The molecular formula is C8H11NO2. The Labute approximate surface area is 65.5 Å². The summed E-state index contributed by atoms with van der Waals surface area (Å²) < 4.78 is 4.78. The van der Waals surface area contributed by atoms with E-state index in [1.165, 1.54) is 0 Å². The van der Waals surface area contributed by atoms with E-state index in [4.69, 9.17) is 10.5 Å². The third-order valence-corrected chi connectivity index (χ3v) is 1.49. The number of hydrogen-bond donors (Lipinski definition) is 1. The molecule has 0 bridgehead atoms. The molecule has 3 nitrogen and oxygen atoms in total. The average molecular weight is 153 g/mol. The van der Waals surface area contributed by atoms with E-state index in [9.17, 15) is 4.79 Å². The van der Waals surface area contributed by atoms with Crippen molar-refractivity contribution in [2.24, 2.45) is 5.73 Å². The zero-order valence-corrected chi connectivity index (χ0v) is 6.46. The summed E-state index contributed by atoms with van der Waals surface area (Å²) in [6.45, 7) is 2.17. The van der Waals surface area contributed by atoms with Gasteiger partial charge in [0.1, 0.15) is 0 Å². The molecule has 11 heavy (non-hydrogen) atoms. The Morgan fingerprint density at radius 2 is 2.55 bits per heavy atom. The summed E-state index contributed by atoms with van der Waals surface area (Å²) in [5.74, 6) is -0.296. The number of esters is 1. The summed E-state index contributed by atoms with van der Waals surface area (Å²) in [4.78, 5) is 11.1. The SMILES string of the molecule is CCOC(=O)C1=C(N)C=CC1. The smallest absolute Gasteiger partial charge is 0.336 e. The molecule has 0 radical (unpaired) electrons. The van der Waals surface area contributed by atoms with Crippen molar-refractivity contribution in [3.05, 3.63) is 23.4 Å². The number of carbonyl (C=O) groups is 1. The van der Waals surface area contributed by atoms with Crippen molar-refractivity contribution in [1.29, 1.82) is 0 Å². The van der Waals surface area contributed by atoms with Crippen LogP contribution in [-0.4, -0.2) is 12.6 Å². The summed E-state index contributed by atoms with van der Waals surface area (Å²) in [5, 5.41) is 0. The van der Waals surface area contributed by atoms with E-state index in [2.05, 4.69) is 0 Å². The van der Waals surface area contributed by atoms with E-state index in [0.717, 1.165) is 0 Å². The number of ether oxygens (including phenoxy) is 1. The third-order valence-electron chi connectivity index (χ3n) is 1.49. The number of nitrogens with two attached hydrogens (primary N) is 1. The highest BCUT2D eigenvalue weighted by molar-refractivity contribution is 5.90. The fraction of sp³-hybridized carbons (Fsp3) is 0.375. The first kappa shape index (κ1) is 7.85. The van der Waals surface area contributed by atoms with Crippen molar-refractivity contribution in [3.63, 3.8) is 0 Å². The van der Waals surface area contributed by atoms with Gasteiger partial charge in [-0.2, -0.15) is 0 Å². The van der Waals surface area contributed by atoms with Crippen LogP contribution in [0.25, 0.3) is 0 Å². The lowest BCUT2D eigenvalue weighted by Gasteiger charge is -2.02. The van der Waals surface area contributed by atoms with Crippen LogP contribution < -0.4 is 5.73 Å². The van der Waals surface area contributed by atoms with Gasteiger partial charge >= 0.3 is 5.97 Å². The second-order valence-electron chi connectivity index (χ2n) is 2.26. The van der Waals surface area contributed by atoms with Crippen LogP contribution in [0.1, 0.15) is 13.3 Å². The van der Waals surface area contributed by atoms with Crippen molar-refractivity contribution in [3.8, 4) is 0 Å². The first-order valence-electron chi connectivity index (χ1n) is 3.58. The molecule has 0 atom stereocenters. The molecule has 0 saturated carbocycles. The molecule has 0 aromatic heterocycles. The van der Waals surface area contributed by atoms with Crippen molar-refractivity contribution >= 4 is 5.97 Å². The van der Waals surface area contributed by atoms with Gasteiger partial charge in [-0.25, -0.2) is 4.79 Å². The molecule has 0 saturated heterocycles. The lowest BCUT2D eigenvalue weighted by Crippen LogP contribution is -2.10. The summed E-state index contributed by atoms with van der Waals surface area (Å²) in [5.41, 5.74) is 6.61. The molecule has 3 heteroatoms. The molecule has 0 unspecified atom stereocenters. The van der Waals surface area contributed by atoms with Gasteiger partial charge in [-0.15, -0.1) is 0 Å². The van der Waals surface area contributed by atoms with Crippen molar-refractivity contribution < 1.29 is 9.53 Å². The molecule has 2 N–H and O–H groups in total. The van der Waals surface area contributed by atoms with Gasteiger partial charge in [0.15, 0.2) is 0 Å². The highest BCUT2D eigenvalue weighted by Gasteiger charge is 2.15. The molecule has 1 aliphatic rings. The molecule has 0 amide bonds. The minimum atomic E-state index is -0.296. The first-order valence-corrected chi connectivity index (χ1v) is 3.58. The average Bonchev–Trinajstić information content (AvgIpc) is 2.36. The van der Waals surface area contributed by atoms with Gasteiger partial charge in [0.05, 0.1) is 12.2 Å². The van der Waals surface area contributed by atoms with Crippen LogP contribution in [0, 0.1) is 0 Å². The Morgan fingerprint density at radius 1 is 1.82 bits per heavy atom. The van der Waals surface area contributed by atoms with Crippen LogP contribution in [0.5, 0.6) is 0 Å². The molecule has 0 aromatic carbocycles. The highest BCUT2D eigenvalue weighted by Crippen LogP contribution is 2.15. The zero-order chi connectivity index (χ0) is 8.27. The Hall–Kier alpha value is -1.25. The molecule has 60 valence electrons. The third kappa shape index (κ3) is 1.61. The summed E-state index contributed by atoms with van der Waals surface area (Å²) in [6.07, 6.45) is 4.18. The van der Waals surface area contributed by atoms with Gasteiger partial charge in [0, 0.05) is 5.70 Å². The second kappa shape index (κ2) is 3.23. The predicted octanol–water partition coefficient (Wildman–Crippen LogP) is 0.722. The molecule has 1 aliphatic carbocycles. The molecule has 1 rings (SSSR count). The van der Waals surface area contributed by atoms with Crippen LogP contribution in [0.4, 0.5) is 0 Å². The quantitative estimate of drug-likeness (QED) is 0.595. The minimum absolute atomic E-state index is 0.296. The largest absolute Gasteiger partial charge is 0.463 e. The Morgan fingerprint density at radius 3 is 3.00 bits per heavy atom. The van der Waals surface area contributed by atoms with Gasteiger partial charge in [-0.3, -0.25) is 0 Å². The van der Waals surface area contributed by atoms with Crippen molar-refractivity contribution in [2.75, 3.05) is 6.61 Å². The standard InChI is InChI=1S/C8H11NO2/c1-2-11-8(10)6-4-3-5-7(6)9/h3,5H,2,4,9H2,1H3. The van der Waals surface area contributed by atoms with E-state index < -0.39 is 0 Å². The monoisotopic (exact) mass is 153 g/mol. The van der Waals surface area contributed by atoms with E-state index in [1.807, 2.05) is 6.08 Å². The van der Waals surface area contributed by atoms with Crippen LogP contribution in [0.15, 0.2) is 23.4 Å². The van der Waals surface area contributed by atoms with Gasteiger partial charge in [-0.05, 0) is 19.4 Å². The van der Waals surface area contributed by atoms with Crippen LogP contribution in [0.3, 0.4) is 0 Å². The fourth-order valence-corrected chi connectivity index (χ4v) is 0.942. The molecule has 0 aliphatic heterocycles. The highest BCUT2D eigenvalue weighted by atomic mass is 16.5. The van der Waals surface area contributed by atoms with Crippen molar-refractivity contribution in [2.45, 2.75) is 13.3 Å². The molecular weight excluding hydrogens is 142 g/mol. The fourth-order valence-electron chi connectivity index (χ4n) is 0.942. The topological polar surface area (TPSA) is 52.3 Å². The van der Waals surface area contributed by atoms with Gasteiger partial charge in [-0.1, -0.05) is 6.08 Å². The van der Waals surface area contributed by atoms with Gasteiger partial charge in [0.25, 0.3) is 0 Å². The Balaban J connectivity index is 2.62. The molecule has 0 aromatic rings. The first-order chi connectivity index (χ1) is 5.25. The van der Waals surface area contributed by atoms with E-state index in [0.29, 0.717) is 24.3 Å². The van der Waals surface area contributed by atoms with Crippen LogP contribution in [0.2, 0.25) is 0 Å². The molecule has 0 fully saturated rings. The zero-order valence-electron chi connectivity index (χ0n) is 6.46. The predicted molar refractivity (Wildman–Crippen MR) is 41.6 cm³/mol. The summed E-state index contributed by atoms with van der Waals surface area (Å²) in [6, 6.07) is 0. The number of allylic oxidation sites excluding steroid dienone is 2. The lowest BCUT2D eigenvalue weighted by atomic mass is 10.2. The van der Waals surface area contributed by atoms with E-state index in [-0.39, 0.29) is 5.97 Å². The number of carbonyl (C=O) groups excluding carboxylic acids is 1. The van der Waals surface area contributed by atoms with Crippen LogP contribution >= 0.6 is 0 Å². The lowest BCUT2D eigenvalue weighted by molar-refractivity contribution is -0.138. The number of rotatable bonds is 2. The maximum absolute atomic E-state index is 11.1.